The van der Waals surface area contributed by atoms with E-state index in [1.165, 1.54) is 5.56 Å². The van der Waals surface area contributed by atoms with E-state index in [1.54, 1.807) is 19.2 Å². The molecule has 110 valence electrons. The van der Waals surface area contributed by atoms with Crippen LogP contribution in [0, 0.1) is 6.92 Å². The van der Waals surface area contributed by atoms with Gasteiger partial charge in [-0.25, -0.2) is 0 Å². The van der Waals surface area contributed by atoms with Gasteiger partial charge < -0.3 is 21.0 Å². The molecule has 2 rings (SSSR count). The van der Waals surface area contributed by atoms with Crippen molar-refractivity contribution in [3.05, 3.63) is 59.2 Å². The largest absolute Gasteiger partial charge is 0.496 e. The minimum absolute atomic E-state index is 0.0782. The summed E-state index contributed by atoms with van der Waals surface area (Å²) in [6.07, 6.45) is 0. The van der Waals surface area contributed by atoms with Gasteiger partial charge in [0.15, 0.2) is 5.84 Å². The summed E-state index contributed by atoms with van der Waals surface area (Å²) in [5.74, 6) is 0.833. The van der Waals surface area contributed by atoms with E-state index in [0.717, 1.165) is 17.0 Å². The maximum Gasteiger partial charge on any atom is 0.170 e. The zero-order valence-corrected chi connectivity index (χ0v) is 12.1. The van der Waals surface area contributed by atoms with Crippen LogP contribution in [0.1, 0.15) is 16.7 Å². The number of methoxy groups -OCH3 is 1. The number of aryl methyl sites for hydroxylation is 1. The summed E-state index contributed by atoms with van der Waals surface area (Å²) in [6.45, 7) is 2.63. The Balaban J connectivity index is 2.21. The highest BCUT2D eigenvalue weighted by molar-refractivity contribution is 5.97. The quantitative estimate of drug-likeness (QED) is 0.341. The average Bonchev–Trinajstić information content (AvgIpc) is 2.52. The first-order valence-electron chi connectivity index (χ1n) is 6.59. The van der Waals surface area contributed by atoms with Gasteiger partial charge in [0.2, 0.25) is 0 Å². The number of nitrogens with one attached hydrogen (secondary N) is 1. The topological polar surface area (TPSA) is 79.9 Å². The van der Waals surface area contributed by atoms with Crippen molar-refractivity contribution in [2.24, 2.45) is 10.9 Å². The third kappa shape index (κ3) is 3.66. The Kier molecular flexibility index (Phi) is 4.66. The van der Waals surface area contributed by atoms with Crippen LogP contribution in [-0.2, 0) is 6.54 Å². The summed E-state index contributed by atoms with van der Waals surface area (Å²) in [5, 5.41) is 15.1. The predicted molar refractivity (Wildman–Crippen MR) is 84.0 cm³/mol. The van der Waals surface area contributed by atoms with Crippen LogP contribution in [0.3, 0.4) is 0 Å². The lowest BCUT2D eigenvalue weighted by Crippen LogP contribution is -2.14. The number of amidine groups is 1. The molecule has 0 aliphatic heterocycles. The third-order valence-corrected chi connectivity index (χ3v) is 3.18. The number of benzene rings is 2. The summed E-state index contributed by atoms with van der Waals surface area (Å²) in [7, 11) is 1.62. The summed E-state index contributed by atoms with van der Waals surface area (Å²) in [5.41, 5.74) is 9.43. The normalized spacial score (nSPS) is 11.2. The number of nitrogens with two attached hydrogens (primary N) is 1. The molecule has 0 heterocycles. The zero-order chi connectivity index (χ0) is 15.2. The molecule has 0 amide bonds. The fraction of sp³-hybridized carbons (Fsp3) is 0.188. The van der Waals surface area contributed by atoms with Crippen LogP contribution < -0.4 is 15.8 Å². The number of hydrogen-bond acceptors (Lipinski definition) is 4. The Bertz CT molecular complexity index is 654. The fourth-order valence-electron chi connectivity index (χ4n) is 2.09. The molecule has 0 saturated carbocycles. The number of rotatable bonds is 5. The molecular formula is C16H19N3O2. The van der Waals surface area contributed by atoms with Crippen LogP contribution in [0.4, 0.5) is 5.69 Å². The van der Waals surface area contributed by atoms with Gasteiger partial charge in [0.25, 0.3) is 0 Å². The SMILES string of the molecule is COc1ccc(/C(N)=N/O)cc1CNc1cccc(C)c1. The van der Waals surface area contributed by atoms with Crippen LogP contribution >= 0.6 is 0 Å². The molecule has 0 aromatic heterocycles. The van der Waals surface area contributed by atoms with Crippen molar-refractivity contribution < 1.29 is 9.94 Å². The van der Waals surface area contributed by atoms with Gasteiger partial charge in [-0.3, -0.25) is 0 Å². The van der Waals surface area contributed by atoms with Gasteiger partial charge in [0.1, 0.15) is 5.75 Å². The van der Waals surface area contributed by atoms with Crippen LogP contribution in [-0.4, -0.2) is 18.2 Å². The molecule has 0 atom stereocenters. The second-order valence-electron chi connectivity index (χ2n) is 4.73. The van der Waals surface area contributed by atoms with Crippen molar-refractivity contribution in [3.8, 4) is 5.75 Å². The van der Waals surface area contributed by atoms with Crippen LogP contribution in [0.15, 0.2) is 47.6 Å². The van der Waals surface area contributed by atoms with E-state index in [2.05, 4.69) is 16.5 Å². The lowest BCUT2D eigenvalue weighted by molar-refractivity contribution is 0.318. The third-order valence-electron chi connectivity index (χ3n) is 3.18. The van der Waals surface area contributed by atoms with Crippen molar-refractivity contribution in [2.45, 2.75) is 13.5 Å². The van der Waals surface area contributed by atoms with E-state index in [4.69, 9.17) is 15.7 Å². The summed E-state index contributed by atoms with van der Waals surface area (Å²) in [4.78, 5) is 0. The van der Waals surface area contributed by atoms with Crippen molar-refractivity contribution in [3.63, 3.8) is 0 Å². The monoisotopic (exact) mass is 285 g/mol. The molecule has 0 saturated heterocycles. The predicted octanol–water partition coefficient (Wildman–Crippen LogP) is 2.71. The lowest BCUT2D eigenvalue weighted by Gasteiger charge is -2.12. The Hall–Kier alpha value is -2.69. The highest BCUT2D eigenvalue weighted by Gasteiger charge is 2.07. The lowest BCUT2D eigenvalue weighted by atomic mass is 10.1. The minimum atomic E-state index is 0.0782. The van der Waals surface area contributed by atoms with E-state index >= 15 is 0 Å². The maximum absolute atomic E-state index is 8.76. The van der Waals surface area contributed by atoms with Gasteiger partial charge in [0, 0.05) is 23.4 Å². The molecule has 0 radical (unpaired) electrons. The molecule has 0 aliphatic rings. The Morgan fingerprint density at radius 1 is 1.29 bits per heavy atom. The van der Waals surface area contributed by atoms with E-state index in [9.17, 15) is 0 Å². The number of nitrogens with zero attached hydrogens (tertiary/aromatic N) is 1. The molecule has 5 nitrogen and oxygen atoms in total. The minimum Gasteiger partial charge on any atom is -0.496 e. The first-order valence-corrected chi connectivity index (χ1v) is 6.59. The molecule has 2 aromatic carbocycles. The number of hydrogen-bond donors (Lipinski definition) is 3. The second kappa shape index (κ2) is 6.65. The molecular weight excluding hydrogens is 266 g/mol. The summed E-state index contributed by atoms with van der Waals surface area (Å²) in [6, 6.07) is 13.5. The van der Waals surface area contributed by atoms with E-state index in [-0.39, 0.29) is 5.84 Å². The summed E-state index contributed by atoms with van der Waals surface area (Å²) >= 11 is 0. The van der Waals surface area contributed by atoms with Crippen molar-refractivity contribution >= 4 is 11.5 Å². The molecule has 0 unspecified atom stereocenters. The second-order valence-corrected chi connectivity index (χ2v) is 4.73. The first kappa shape index (κ1) is 14.7. The van der Waals surface area contributed by atoms with E-state index < -0.39 is 0 Å². The van der Waals surface area contributed by atoms with Crippen LogP contribution in [0.2, 0.25) is 0 Å². The molecule has 0 spiro atoms. The molecule has 0 aliphatic carbocycles. The first-order chi connectivity index (χ1) is 10.1. The molecule has 0 bridgehead atoms. The van der Waals surface area contributed by atoms with E-state index in [1.807, 2.05) is 31.2 Å². The van der Waals surface area contributed by atoms with Gasteiger partial charge in [-0.1, -0.05) is 17.3 Å². The van der Waals surface area contributed by atoms with Crippen LogP contribution in [0.5, 0.6) is 5.75 Å². The van der Waals surface area contributed by atoms with Crippen molar-refractivity contribution in [1.82, 2.24) is 0 Å². The molecule has 5 heteroatoms. The fourth-order valence-corrected chi connectivity index (χ4v) is 2.09. The number of oxime groups is 1. The number of ether oxygens (including phenoxy) is 1. The Morgan fingerprint density at radius 3 is 2.76 bits per heavy atom. The molecule has 2 aromatic rings. The summed E-state index contributed by atoms with van der Waals surface area (Å²) < 4.78 is 5.34. The molecule has 4 N–H and O–H groups in total. The van der Waals surface area contributed by atoms with E-state index in [0.29, 0.717) is 12.1 Å². The van der Waals surface area contributed by atoms with Gasteiger partial charge in [-0.15, -0.1) is 0 Å². The highest BCUT2D eigenvalue weighted by Crippen LogP contribution is 2.21. The average molecular weight is 285 g/mol. The zero-order valence-electron chi connectivity index (χ0n) is 12.1. The molecule has 21 heavy (non-hydrogen) atoms. The maximum atomic E-state index is 8.76. The standard InChI is InChI=1S/C16H19N3O2/c1-11-4-3-5-14(8-11)18-10-13-9-12(16(17)19-20)6-7-15(13)21-2/h3-9,18,20H,10H2,1-2H3,(H2,17,19). The van der Waals surface area contributed by atoms with Gasteiger partial charge >= 0.3 is 0 Å². The Labute approximate surface area is 124 Å². The highest BCUT2D eigenvalue weighted by atomic mass is 16.5. The Morgan fingerprint density at radius 2 is 2.10 bits per heavy atom. The van der Waals surface area contributed by atoms with Crippen LogP contribution in [0.25, 0.3) is 0 Å². The van der Waals surface area contributed by atoms with Gasteiger partial charge in [-0.05, 0) is 42.8 Å². The smallest absolute Gasteiger partial charge is 0.170 e. The molecule has 0 fully saturated rings. The van der Waals surface area contributed by atoms with Crippen molar-refractivity contribution in [1.29, 1.82) is 0 Å². The number of anilines is 1. The van der Waals surface area contributed by atoms with Gasteiger partial charge in [0.05, 0.1) is 7.11 Å². The van der Waals surface area contributed by atoms with Crippen molar-refractivity contribution in [2.75, 3.05) is 12.4 Å². The van der Waals surface area contributed by atoms with Gasteiger partial charge in [-0.2, -0.15) is 0 Å².